The number of benzene rings is 3. The number of halogens is 2. The van der Waals surface area contributed by atoms with Crippen LogP contribution in [0.15, 0.2) is 60.7 Å². The molecule has 158 valence electrons. The summed E-state index contributed by atoms with van der Waals surface area (Å²) in [6.07, 6.45) is -0.629. The number of hydrogen-bond acceptors (Lipinski definition) is 3. The van der Waals surface area contributed by atoms with Crippen LogP contribution in [0, 0.1) is 12.7 Å². The summed E-state index contributed by atoms with van der Waals surface area (Å²) in [5.41, 5.74) is 2.78. The van der Waals surface area contributed by atoms with Gasteiger partial charge in [0.05, 0.1) is 22.8 Å². The topological polar surface area (TPSA) is 58.6 Å². The van der Waals surface area contributed by atoms with Crippen LogP contribution in [0.25, 0.3) is 0 Å². The van der Waals surface area contributed by atoms with Crippen LogP contribution in [0.4, 0.5) is 15.8 Å². The van der Waals surface area contributed by atoms with Crippen LogP contribution >= 0.6 is 11.6 Å². The van der Waals surface area contributed by atoms with E-state index in [-0.39, 0.29) is 16.5 Å². The summed E-state index contributed by atoms with van der Waals surface area (Å²) in [6.45, 7) is 4.05. The summed E-state index contributed by atoms with van der Waals surface area (Å²) < 4.78 is 19.8. The van der Waals surface area contributed by atoms with E-state index < -0.39 is 17.8 Å². The van der Waals surface area contributed by atoms with Crippen molar-refractivity contribution in [1.82, 2.24) is 0 Å². The van der Waals surface area contributed by atoms with Crippen LogP contribution in [0.5, 0.6) is 5.75 Å². The third-order valence-electron chi connectivity index (χ3n) is 5.08. The summed E-state index contributed by atoms with van der Waals surface area (Å²) in [6, 6.07) is 16.9. The quantitative estimate of drug-likeness (QED) is 0.597. The van der Waals surface area contributed by atoms with Gasteiger partial charge in [0, 0.05) is 5.69 Å². The molecule has 0 radical (unpaired) electrons. The Bertz CT molecular complexity index is 1140. The predicted octanol–water partition coefficient (Wildman–Crippen LogP) is 5.35. The Morgan fingerprint density at radius 1 is 1.16 bits per heavy atom. The predicted molar refractivity (Wildman–Crippen MR) is 118 cm³/mol. The van der Waals surface area contributed by atoms with E-state index in [1.807, 2.05) is 31.2 Å². The van der Waals surface area contributed by atoms with Crippen LogP contribution < -0.4 is 15.0 Å². The third kappa shape index (κ3) is 4.25. The lowest BCUT2D eigenvalue weighted by atomic mass is 10.1. The molecule has 31 heavy (non-hydrogen) atoms. The molecule has 7 heteroatoms. The largest absolute Gasteiger partial charge is 0.479 e. The van der Waals surface area contributed by atoms with Gasteiger partial charge in [-0.2, -0.15) is 0 Å². The molecule has 0 aliphatic carbocycles. The highest BCUT2D eigenvalue weighted by Gasteiger charge is 2.32. The average Bonchev–Trinajstić information content (AvgIpc) is 2.73. The summed E-state index contributed by atoms with van der Waals surface area (Å²) in [5, 5.41) is 2.67. The fraction of sp³-hybridized carbons (Fsp3) is 0.167. The lowest BCUT2D eigenvalue weighted by molar-refractivity contribution is -0.125. The van der Waals surface area contributed by atoms with E-state index in [0.29, 0.717) is 23.7 Å². The van der Waals surface area contributed by atoms with Gasteiger partial charge in [0.25, 0.3) is 11.8 Å². The van der Waals surface area contributed by atoms with Gasteiger partial charge in [-0.15, -0.1) is 0 Å². The van der Waals surface area contributed by atoms with Crippen molar-refractivity contribution in [2.45, 2.75) is 26.5 Å². The Hall–Kier alpha value is -3.38. The number of nitrogens with one attached hydrogen (secondary N) is 1. The van der Waals surface area contributed by atoms with Gasteiger partial charge in [0.15, 0.2) is 6.10 Å². The Labute approximate surface area is 184 Å². The van der Waals surface area contributed by atoms with Crippen LogP contribution in [0.1, 0.15) is 28.4 Å². The monoisotopic (exact) mass is 438 g/mol. The van der Waals surface area contributed by atoms with Crippen molar-refractivity contribution in [3.63, 3.8) is 0 Å². The Kier molecular flexibility index (Phi) is 5.65. The molecule has 1 heterocycles. The number of hydrogen-bond donors (Lipinski definition) is 1. The van der Waals surface area contributed by atoms with Crippen molar-refractivity contribution in [3.8, 4) is 5.75 Å². The van der Waals surface area contributed by atoms with Gasteiger partial charge < -0.3 is 15.0 Å². The molecular weight excluding hydrogens is 419 g/mol. The van der Waals surface area contributed by atoms with Crippen LogP contribution in [0.3, 0.4) is 0 Å². The molecule has 1 atom stereocenters. The molecule has 1 N–H and O–H groups in total. The Morgan fingerprint density at radius 2 is 1.90 bits per heavy atom. The zero-order valence-electron chi connectivity index (χ0n) is 17.0. The maximum absolute atomic E-state index is 14.1. The van der Waals surface area contributed by atoms with Crippen LogP contribution in [-0.2, 0) is 11.3 Å². The Balaban J connectivity index is 1.65. The number of anilines is 2. The van der Waals surface area contributed by atoms with Gasteiger partial charge in [0.2, 0.25) is 0 Å². The molecule has 0 spiro atoms. The first kappa shape index (κ1) is 20.9. The second-order valence-corrected chi connectivity index (χ2v) is 7.81. The highest BCUT2D eigenvalue weighted by atomic mass is 35.5. The minimum atomic E-state index is -0.712. The maximum Gasteiger partial charge on any atom is 0.268 e. The molecular formula is C24H20ClFN2O3. The number of rotatable bonds is 4. The SMILES string of the molecule is Cc1ccc(CN2C(=O)C(C)Oc3ccc(NC(=O)c4c(F)cccc4Cl)cc32)cc1. The maximum atomic E-state index is 14.1. The first-order chi connectivity index (χ1) is 14.8. The average molecular weight is 439 g/mol. The molecule has 3 aromatic rings. The van der Waals surface area contributed by atoms with Crippen molar-refractivity contribution in [1.29, 1.82) is 0 Å². The van der Waals surface area contributed by atoms with Crippen molar-refractivity contribution in [3.05, 3.63) is 88.2 Å². The normalized spacial score (nSPS) is 15.3. The van der Waals surface area contributed by atoms with E-state index in [0.717, 1.165) is 11.1 Å². The molecule has 1 unspecified atom stereocenters. The zero-order chi connectivity index (χ0) is 22.1. The summed E-state index contributed by atoms with van der Waals surface area (Å²) in [7, 11) is 0. The van der Waals surface area contributed by atoms with Gasteiger partial charge in [-0.3, -0.25) is 9.59 Å². The number of nitrogens with zero attached hydrogens (tertiary/aromatic N) is 1. The molecule has 0 saturated heterocycles. The first-order valence-corrected chi connectivity index (χ1v) is 10.1. The van der Waals surface area contributed by atoms with Gasteiger partial charge in [0.1, 0.15) is 11.6 Å². The van der Waals surface area contributed by atoms with E-state index in [4.69, 9.17) is 16.3 Å². The molecule has 1 aliphatic rings. The fourth-order valence-corrected chi connectivity index (χ4v) is 3.68. The number of ether oxygens (including phenoxy) is 1. The smallest absolute Gasteiger partial charge is 0.268 e. The van der Waals surface area contributed by atoms with E-state index in [9.17, 15) is 14.0 Å². The standard InChI is InChI=1S/C24H20ClFN2O3/c1-14-6-8-16(9-7-14)13-28-20-12-17(10-11-21(20)31-15(2)24(28)30)27-23(29)22-18(25)4-3-5-19(22)26/h3-12,15H,13H2,1-2H3,(H,27,29). The highest BCUT2D eigenvalue weighted by Crippen LogP contribution is 2.37. The third-order valence-corrected chi connectivity index (χ3v) is 5.39. The summed E-state index contributed by atoms with van der Waals surface area (Å²) >= 11 is 5.99. The molecule has 3 aromatic carbocycles. The van der Waals surface area contributed by atoms with Crippen molar-refractivity contribution < 1.29 is 18.7 Å². The van der Waals surface area contributed by atoms with Crippen LogP contribution in [0.2, 0.25) is 5.02 Å². The van der Waals surface area contributed by atoms with Crippen molar-refractivity contribution in [2.75, 3.05) is 10.2 Å². The molecule has 0 fully saturated rings. The minimum Gasteiger partial charge on any atom is -0.479 e. The van der Waals surface area contributed by atoms with E-state index in [1.54, 1.807) is 30.0 Å². The fourth-order valence-electron chi connectivity index (χ4n) is 3.43. The number of carbonyl (C=O) groups is 2. The van der Waals surface area contributed by atoms with E-state index in [1.165, 1.54) is 18.2 Å². The second kappa shape index (κ2) is 8.40. The molecule has 0 aromatic heterocycles. The molecule has 0 bridgehead atoms. The second-order valence-electron chi connectivity index (χ2n) is 7.40. The molecule has 1 aliphatic heterocycles. The van der Waals surface area contributed by atoms with Crippen LogP contribution in [-0.4, -0.2) is 17.9 Å². The first-order valence-electron chi connectivity index (χ1n) is 9.76. The summed E-state index contributed by atoms with van der Waals surface area (Å²) in [4.78, 5) is 27.1. The molecule has 2 amide bonds. The molecule has 4 rings (SSSR count). The lowest BCUT2D eigenvalue weighted by Gasteiger charge is -2.33. The summed E-state index contributed by atoms with van der Waals surface area (Å²) in [5.74, 6) is -1.05. The van der Waals surface area contributed by atoms with Crippen molar-refractivity contribution >= 4 is 34.8 Å². The molecule has 5 nitrogen and oxygen atoms in total. The van der Waals surface area contributed by atoms with Gasteiger partial charge in [-0.05, 0) is 49.7 Å². The van der Waals surface area contributed by atoms with E-state index in [2.05, 4.69) is 5.32 Å². The highest BCUT2D eigenvalue weighted by molar-refractivity contribution is 6.34. The molecule has 0 saturated carbocycles. The number of carbonyl (C=O) groups excluding carboxylic acids is 2. The van der Waals surface area contributed by atoms with Crippen molar-refractivity contribution in [2.24, 2.45) is 0 Å². The number of amides is 2. The number of aryl methyl sites for hydroxylation is 1. The van der Waals surface area contributed by atoms with Gasteiger partial charge in [-0.1, -0.05) is 47.5 Å². The number of fused-ring (bicyclic) bond motifs is 1. The van der Waals surface area contributed by atoms with Gasteiger partial charge >= 0.3 is 0 Å². The Morgan fingerprint density at radius 3 is 2.61 bits per heavy atom. The minimum absolute atomic E-state index is 0.0174. The lowest BCUT2D eigenvalue weighted by Crippen LogP contribution is -2.44. The zero-order valence-corrected chi connectivity index (χ0v) is 17.7. The van der Waals surface area contributed by atoms with Gasteiger partial charge in [-0.25, -0.2) is 4.39 Å². The van der Waals surface area contributed by atoms with E-state index >= 15 is 0 Å².